The standard InChI is InChI=1S/C19H23N3O3/c1-13(2)22(11-17-8-5-14(3)24-17)12-18-20-19(21-25-18)15-6-9-16(23-4)10-7-15/h5-10,13H,11-12H2,1-4H3. The molecule has 0 aliphatic carbocycles. The SMILES string of the molecule is COc1ccc(-c2noc(CN(Cc3ccc(C)o3)C(C)C)n2)cc1. The van der Waals surface area contributed by atoms with E-state index in [4.69, 9.17) is 13.7 Å². The molecular formula is C19H23N3O3. The molecule has 0 atom stereocenters. The Kier molecular flexibility index (Phi) is 5.19. The summed E-state index contributed by atoms with van der Waals surface area (Å²) in [5.74, 6) is 3.81. The van der Waals surface area contributed by atoms with Gasteiger partial charge in [0.15, 0.2) is 0 Å². The maximum absolute atomic E-state index is 5.68. The van der Waals surface area contributed by atoms with Crippen molar-refractivity contribution in [1.82, 2.24) is 15.0 Å². The number of methoxy groups -OCH3 is 1. The summed E-state index contributed by atoms with van der Waals surface area (Å²) >= 11 is 0. The van der Waals surface area contributed by atoms with E-state index in [1.165, 1.54) is 0 Å². The van der Waals surface area contributed by atoms with Gasteiger partial charge in [0.05, 0.1) is 20.2 Å². The second-order valence-electron chi connectivity index (χ2n) is 6.25. The minimum absolute atomic E-state index is 0.321. The van der Waals surface area contributed by atoms with Crippen molar-refractivity contribution in [3.8, 4) is 17.1 Å². The quantitative estimate of drug-likeness (QED) is 0.646. The van der Waals surface area contributed by atoms with Crippen LogP contribution in [0, 0.1) is 6.92 Å². The number of benzene rings is 1. The second-order valence-corrected chi connectivity index (χ2v) is 6.25. The lowest BCUT2D eigenvalue weighted by Gasteiger charge is -2.23. The maximum Gasteiger partial charge on any atom is 0.241 e. The molecule has 3 rings (SSSR count). The Labute approximate surface area is 147 Å². The molecule has 25 heavy (non-hydrogen) atoms. The van der Waals surface area contributed by atoms with E-state index in [2.05, 4.69) is 28.9 Å². The summed E-state index contributed by atoms with van der Waals surface area (Å²) in [6.07, 6.45) is 0. The fraction of sp³-hybridized carbons (Fsp3) is 0.368. The zero-order valence-electron chi connectivity index (χ0n) is 15.0. The van der Waals surface area contributed by atoms with Crippen molar-refractivity contribution in [3.05, 3.63) is 53.8 Å². The van der Waals surface area contributed by atoms with Gasteiger partial charge in [0.25, 0.3) is 0 Å². The highest BCUT2D eigenvalue weighted by molar-refractivity contribution is 5.55. The Bertz CT molecular complexity index is 805. The van der Waals surface area contributed by atoms with Crippen molar-refractivity contribution in [1.29, 1.82) is 0 Å². The van der Waals surface area contributed by atoms with Gasteiger partial charge in [0.1, 0.15) is 17.3 Å². The van der Waals surface area contributed by atoms with Crippen LogP contribution in [0.4, 0.5) is 0 Å². The van der Waals surface area contributed by atoms with Crippen molar-refractivity contribution >= 4 is 0 Å². The molecule has 6 heteroatoms. The Morgan fingerprint density at radius 3 is 2.44 bits per heavy atom. The minimum atomic E-state index is 0.321. The van der Waals surface area contributed by atoms with Crippen LogP contribution in [-0.2, 0) is 13.1 Å². The zero-order chi connectivity index (χ0) is 17.8. The highest BCUT2D eigenvalue weighted by atomic mass is 16.5. The van der Waals surface area contributed by atoms with Crippen molar-refractivity contribution in [2.45, 2.75) is 39.9 Å². The second kappa shape index (κ2) is 7.53. The van der Waals surface area contributed by atoms with E-state index in [0.29, 0.717) is 30.8 Å². The number of ether oxygens (including phenoxy) is 1. The lowest BCUT2D eigenvalue weighted by atomic mass is 10.2. The van der Waals surface area contributed by atoms with Crippen LogP contribution in [0.1, 0.15) is 31.3 Å². The van der Waals surface area contributed by atoms with E-state index < -0.39 is 0 Å². The molecule has 0 aliphatic heterocycles. The lowest BCUT2D eigenvalue weighted by Crippen LogP contribution is -2.29. The molecule has 0 aliphatic rings. The first kappa shape index (κ1) is 17.2. The van der Waals surface area contributed by atoms with Gasteiger partial charge in [0.2, 0.25) is 11.7 Å². The number of aromatic nitrogens is 2. The molecule has 0 saturated carbocycles. The van der Waals surface area contributed by atoms with Gasteiger partial charge in [-0.05, 0) is 57.2 Å². The van der Waals surface area contributed by atoms with E-state index in [9.17, 15) is 0 Å². The Morgan fingerprint density at radius 2 is 1.84 bits per heavy atom. The molecule has 0 spiro atoms. The van der Waals surface area contributed by atoms with Crippen LogP contribution in [0.5, 0.6) is 5.75 Å². The highest BCUT2D eigenvalue weighted by Crippen LogP contribution is 2.21. The number of furan rings is 1. The van der Waals surface area contributed by atoms with Gasteiger partial charge >= 0.3 is 0 Å². The van der Waals surface area contributed by atoms with Crippen LogP contribution in [0.3, 0.4) is 0 Å². The van der Waals surface area contributed by atoms with Crippen molar-refractivity contribution in [3.63, 3.8) is 0 Å². The van der Waals surface area contributed by atoms with E-state index in [-0.39, 0.29) is 0 Å². The van der Waals surface area contributed by atoms with E-state index >= 15 is 0 Å². The third-order valence-electron chi connectivity index (χ3n) is 4.04. The normalized spacial score (nSPS) is 11.4. The molecule has 0 saturated heterocycles. The van der Waals surface area contributed by atoms with Gasteiger partial charge in [-0.15, -0.1) is 0 Å². The summed E-state index contributed by atoms with van der Waals surface area (Å²) in [5, 5.41) is 4.09. The molecule has 2 aromatic heterocycles. The van der Waals surface area contributed by atoms with Crippen LogP contribution in [-0.4, -0.2) is 28.2 Å². The van der Waals surface area contributed by atoms with Gasteiger partial charge in [-0.25, -0.2) is 0 Å². The van der Waals surface area contributed by atoms with Gasteiger partial charge in [-0.3, -0.25) is 4.90 Å². The predicted octanol–water partition coefficient (Wildman–Crippen LogP) is 4.06. The number of hydrogen-bond acceptors (Lipinski definition) is 6. The van der Waals surface area contributed by atoms with Gasteiger partial charge in [-0.2, -0.15) is 4.98 Å². The largest absolute Gasteiger partial charge is 0.497 e. The molecule has 2 heterocycles. The maximum atomic E-state index is 5.68. The summed E-state index contributed by atoms with van der Waals surface area (Å²) in [4.78, 5) is 6.74. The Morgan fingerprint density at radius 1 is 1.08 bits per heavy atom. The summed E-state index contributed by atoms with van der Waals surface area (Å²) in [7, 11) is 1.64. The van der Waals surface area contributed by atoms with Crippen molar-refractivity contribution < 1.29 is 13.7 Å². The number of rotatable bonds is 7. The van der Waals surface area contributed by atoms with Crippen LogP contribution >= 0.6 is 0 Å². The smallest absolute Gasteiger partial charge is 0.241 e. The summed E-state index contributed by atoms with van der Waals surface area (Å²) < 4.78 is 16.3. The minimum Gasteiger partial charge on any atom is -0.497 e. The molecule has 0 N–H and O–H groups in total. The first-order chi connectivity index (χ1) is 12.0. The number of hydrogen-bond donors (Lipinski definition) is 0. The summed E-state index contributed by atoms with van der Waals surface area (Å²) in [6.45, 7) is 7.49. The molecule has 3 aromatic rings. The first-order valence-corrected chi connectivity index (χ1v) is 8.31. The van der Waals surface area contributed by atoms with Gasteiger partial charge in [-0.1, -0.05) is 5.16 Å². The van der Waals surface area contributed by atoms with Gasteiger partial charge in [0, 0.05) is 11.6 Å². The zero-order valence-corrected chi connectivity index (χ0v) is 15.0. The molecule has 0 amide bonds. The third kappa shape index (κ3) is 4.28. The highest BCUT2D eigenvalue weighted by Gasteiger charge is 2.17. The summed E-state index contributed by atoms with van der Waals surface area (Å²) in [6, 6.07) is 11.9. The fourth-order valence-corrected chi connectivity index (χ4v) is 2.54. The van der Waals surface area contributed by atoms with Crippen molar-refractivity contribution in [2.75, 3.05) is 7.11 Å². The molecular weight excluding hydrogens is 318 g/mol. The third-order valence-corrected chi connectivity index (χ3v) is 4.04. The fourth-order valence-electron chi connectivity index (χ4n) is 2.54. The number of nitrogens with zero attached hydrogens (tertiary/aromatic N) is 3. The molecule has 1 aromatic carbocycles. The van der Waals surface area contributed by atoms with Crippen LogP contribution in [0.15, 0.2) is 45.3 Å². The lowest BCUT2D eigenvalue weighted by molar-refractivity contribution is 0.163. The Hall–Kier alpha value is -2.60. The van der Waals surface area contributed by atoms with Crippen LogP contribution in [0.25, 0.3) is 11.4 Å². The molecule has 0 unspecified atom stereocenters. The molecule has 132 valence electrons. The summed E-state index contributed by atoms with van der Waals surface area (Å²) in [5.41, 5.74) is 0.897. The topological polar surface area (TPSA) is 64.5 Å². The Balaban J connectivity index is 1.71. The average Bonchev–Trinajstić information content (AvgIpc) is 3.23. The van der Waals surface area contributed by atoms with Crippen LogP contribution < -0.4 is 4.74 Å². The molecule has 6 nitrogen and oxygen atoms in total. The van der Waals surface area contributed by atoms with E-state index in [1.807, 2.05) is 43.3 Å². The molecule has 0 fully saturated rings. The number of aryl methyl sites for hydroxylation is 1. The van der Waals surface area contributed by atoms with Gasteiger partial charge < -0.3 is 13.7 Å². The van der Waals surface area contributed by atoms with Crippen molar-refractivity contribution in [2.24, 2.45) is 0 Å². The van der Waals surface area contributed by atoms with Crippen LogP contribution in [0.2, 0.25) is 0 Å². The van der Waals surface area contributed by atoms with E-state index in [1.54, 1.807) is 7.11 Å². The monoisotopic (exact) mass is 341 g/mol. The predicted molar refractivity (Wildman–Crippen MR) is 94.1 cm³/mol. The molecule has 0 bridgehead atoms. The average molecular weight is 341 g/mol. The van der Waals surface area contributed by atoms with E-state index in [0.717, 1.165) is 22.8 Å². The first-order valence-electron chi connectivity index (χ1n) is 8.31. The molecule has 0 radical (unpaired) electrons.